The van der Waals surface area contributed by atoms with Crippen LogP contribution in [0.4, 0.5) is 0 Å². The van der Waals surface area contributed by atoms with Gasteiger partial charge in [-0.05, 0) is 31.0 Å². The normalized spacial score (nSPS) is 13.4. The first-order valence-electron chi connectivity index (χ1n) is 5.36. The minimum Gasteiger partial charge on any atom is -0.348 e. The SMILES string of the molecule is CCC(NC(=O)[C@@H](C)N)c1cccc(Cl)c1.Cl. The summed E-state index contributed by atoms with van der Waals surface area (Å²) in [5.74, 6) is -0.146. The van der Waals surface area contributed by atoms with E-state index >= 15 is 0 Å². The molecular weight excluding hydrogens is 259 g/mol. The number of benzene rings is 1. The van der Waals surface area contributed by atoms with Crippen molar-refractivity contribution in [3.05, 3.63) is 34.9 Å². The smallest absolute Gasteiger partial charge is 0.237 e. The zero-order chi connectivity index (χ0) is 12.1. The van der Waals surface area contributed by atoms with E-state index in [9.17, 15) is 4.79 Å². The molecule has 0 heterocycles. The van der Waals surface area contributed by atoms with Gasteiger partial charge in [0.2, 0.25) is 5.91 Å². The van der Waals surface area contributed by atoms with Crippen molar-refractivity contribution < 1.29 is 4.79 Å². The number of amides is 1. The van der Waals surface area contributed by atoms with Gasteiger partial charge in [-0.1, -0.05) is 30.7 Å². The molecule has 3 N–H and O–H groups in total. The van der Waals surface area contributed by atoms with Crippen LogP contribution < -0.4 is 11.1 Å². The molecule has 0 aromatic heterocycles. The highest BCUT2D eigenvalue weighted by atomic mass is 35.5. The van der Waals surface area contributed by atoms with Gasteiger partial charge in [0, 0.05) is 5.02 Å². The summed E-state index contributed by atoms with van der Waals surface area (Å²) in [6.45, 7) is 3.67. The summed E-state index contributed by atoms with van der Waals surface area (Å²) in [5.41, 5.74) is 6.51. The minimum absolute atomic E-state index is 0. The van der Waals surface area contributed by atoms with Crippen molar-refractivity contribution in [3.63, 3.8) is 0 Å². The second-order valence-electron chi connectivity index (χ2n) is 3.81. The molecule has 0 saturated carbocycles. The molecule has 0 spiro atoms. The lowest BCUT2D eigenvalue weighted by Gasteiger charge is -2.19. The van der Waals surface area contributed by atoms with Crippen LogP contribution in [-0.2, 0) is 4.79 Å². The minimum atomic E-state index is -0.492. The van der Waals surface area contributed by atoms with E-state index in [1.807, 2.05) is 31.2 Å². The van der Waals surface area contributed by atoms with Crippen LogP contribution >= 0.6 is 24.0 Å². The molecule has 0 radical (unpaired) electrons. The topological polar surface area (TPSA) is 55.1 Å². The molecule has 1 rings (SSSR count). The van der Waals surface area contributed by atoms with Crippen molar-refractivity contribution >= 4 is 29.9 Å². The van der Waals surface area contributed by atoms with Crippen LogP contribution in [0.2, 0.25) is 5.02 Å². The molecule has 3 nitrogen and oxygen atoms in total. The van der Waals surface area contributed by atoms with E-state index in [0.29, 0.717) is 5.02 Å². The Morgan fingerprint density at radius 1 is 1.53 bits per heavy atom. The summed E-state index contributed by atoms with van der Waals surface area (Å²) in [5, 5.41) is 3.56. The van der Waals surface area contributed by atoms with E-state index < -0.39 is 6.04 Å². The van der Waals surface area contributed by atoms with Crippen molar-refractivity contribution in [1.29, 1.82) is 0 Å². The molecule has 0 aliphatic heterocycles. The summed E-state index contributed by atoms with van der Waals surface area (Å²) in [7, 11) is 0. The molecule has 1 unspecified atom stereocenters. The molecule has 5 heteroatoms. The van der Waals surface area contributed by atoms with Gasteiger partial charge in [0.15, 0.2) is 0 Å². The van der Waals surface area contributed by atoms with Crippen molar-refractivity contribution in [3.8, 4) is 0 Å². The highest BCUT2D eigenvalue weighted by molar-refractivity contribution is 6.30. The number of carbonyl (C=O) groups is 1. The zero-order valence-electron chi connectivity index (χ0n) is 9.94. The van der Waals surface area contributed by atoms with E-state index in [-0.39, 0.29) is 24.4 Å². The Morgan fingerprint density at radius 3 is 2.65 bits per heavy atom. The molecule has 1 aromatic carbocycles. The Bertz CT molecular complexity index is 369. The van der Waals surface area contributed by atoms with Crippen LogP contribution in [0, 0.1) is 0 Å². The predicted molar refractivity (Wildman–Crippen MR) is 73.5 cm³/mol. The average Bonchev–Trinajstić information content (AvgIpc) is 2.25. The largest absolute Gasteiger partial charge is 0.348 e. The molecule has 0 fully saturated rings. The average molecular weight is 277 g/mol. The van der Waals surface area contributed by atoms with Gasteiger partial charge in [0.05, 0.1) is 12.1 Å². The summed E-state index contributed by atoms with van der Waals surface area (Å²) >= 11 is 5.91. The van der Waals surface area contributed by atoms with Gasteiger partial charge in [-0.3, -0.25) is 4.79 Å². The number of nitrogens with two attached hydrogens (primary N) is 1. The van der Waals surface area contributed by atoms with E-state index in [0.717, 1.165) is 12.0 Å². The highest BCUT2D eigenvalue weighted by Crippen LogP contribution is 2.20. The van der Waals surface area contributed by atoms with Crippen LogP contribution in [0.15, 0.2) is 24.3 Å². The summed E-state index contributed by atoms with van der Waals surface area (Å²) in [6, 6.07) is 6.97. The first-order valence-corrected chi connectivity index (χ1v) is 5.73. The standard InChI is InChI=1S/C12H17ClN2O.ClH/c1-3-11(15-12(16)8(2)14)9-5-4-6-10(13)7-9;/h4-8,11H,3,14H2,1-2H3,(H,15,16);1H/t8-,11?;/m1./s1. The van der Waals surface area contributed by atoms with Crippen molar-refractivity contribution in [2.75, 3.05) is 0 Å². The number of rotatable bonds is 4. The van der Waals surface area contributed by atoms with Crippen LogP contribution in [0.1, 0.15) is 31.9 Å². The molecule has 0 bridgehead atoms. The molecule has 0 aliphatic carbocycles. The summed E-state index contributed by atoms with van der Waals surface area (Å²) in [6.07, 6.45) is 0.804. The molecule has 1 aromatic rings. The monoisotopic (exact) mass is 276 g/mol. The van der Waals surface area contributed by atoms with Crippen molar-refractivity contribution in [2.45, 2.75) is 32.4 Å². The van der Waals surface area contributed by atoms with Gasteiger partial charge in [-0.25, -0.2) is 0 Å². The number of carbonyl (C=O) groups excluding carboxylic acids is 1. The third-order valence-corrected chi connectivity index (χ3v) is 2.62. The zero-order valence-corrected chi connectivity index (χ0v) is 11.5. The van der Waals surface area contributed by atoms with Crippen LogP contribution in [0.5, 0.6) is 0 Å². The third-order valence-electron chi connectivity index (χ3n) is 2.39. The Kier molecular flexibility index (Phi) is 7.19. The third kappa shape index (κ3) is 4.94. The summed E-state index contributed by atoms with van der Waals surface area (Å²) in [4.78, 5) is 11.5. The molecule has 96 valence electrons. The molecule has 2 atom stereocenters. The van der Waals surface area contributed by atoms with Gasteiger partial charge in [0.25, 0.3) is 0 Å². The Labute approximate surface area is 113 Å². The van der Waals surface area contributed by atoms with Gasteiger partial charge in [-0.15, -0.1) is 12.4 Å². The number of hydrogen-bond donors (Lipinski definition) is 2. The number of nitrogens with one attached hydrogen (secondary N) is 1. The number of hydrogen-bond acceptors (Lipinski definition) is 2. The van der Waals surface area contributed by atoms with Crippen LogP contribution in [0.25, 0.3) is 0 Å². The van der Waals surface area contributed by atoms with E-state index in [1.165, 1.54) is 0 Å². The highest BCUT2D eigenvalue weighted by Gasteiger charge is 2.15. The molecule has 0 saturated heterocycles. The fourth-order valence-corrected chi connectivity index (χ4v) is 1.65. The molecule has 17 heavy (non-hydrogen) atoms. The maximum atomic E-state index is 11.5. The van der Waals surface area contributed by atoms with Crippen LogP contribution in [0.3, 0.4) is 0 Å². The first-order chi connectivity index (χ1) is 7.54. The fraction of sp³-hybridized carbons (Fsp3) is 0.417. The van der Waals surface area contributed by atoms with Crippen molar-refractivity contribution in [2.24, 2.45) is 5.73 Å². The number of halogens is 2. The summed E-state index contributed by atoms with van der Waals surface area (Å²) < 4.78 is 0. The Morgan fingerprint density at radius 2 is 2.18 bits per heavy atom. The second-order valence-corrected chi connectivity index (χ2v) is 4.25. The van der Waals surface area contributed by atoms with Crippen LogP contribution in [-0.4, -0.2) is 11.9 Å². The Hall–Kier alpha value is -0.770. The Balaban J connectivity index is 0.00000256. The predicted octanol–water partition coefficient (Wildman–Crippen LogP) is 2.68. The quantitative estimate of drug-likeness (QED) is 0.889. The lowest BCUT2D eigenvalue weighted by Crippen LogP contribution is -2.40. The lowest BCUT2D eigenvalue weighted by atomic mass is 10.0. The van der Waals surface area contributed by atoms with Gasteiger partial charge >= 0.3 is 0 Å². The van der Waals surface area contributed by atoms with E-state index in [2.05, 4.69) is 5.32 Å². The van der Waals surface area contributed by atoms with E-state index in [4.69, 9.17) is 17.3 Å². The maximum Gasteiger partial charge on any atom is 0.237 e. The molecule has 1 amide bonds. The lowest BCUT2D eigenvalue weighted by molar-refractivity contribution is -0.122. The van der Waals surface area contributed by atoms with Gasteiger partial charge in [-0.2, -0.15) is 0 Å². The second kappa shape index (κ2) is 7.54. The molecule has 0 aliphatic rings. The maximum absolute atomic E-state index is 11.5. The van der Waals surface area contributed by atoms with E-state index in [1.54, 1.807) is 6.92 Å². The van der Waals surface area contributed by atoms with Gasteiger partial charge < -0.3 is 11.1 Å². The molecular formula is C12H18Cl2N2O. The fourth-order valence-electron chi connectivity index (χ4n) is 1.45. The first kappa shape index (κ1) is 16.2. The van der Waals surface area contributed by atoms with Gasteiger partial charge in [0.1, 0.15) is 0 Å². The van der Waals surface area contributed by atoms with Crippen molar-refractivity contribution in [1.82, 2.24) is 5.32 Å².